The summed E-state index contributed by atoms with van der Waals surface area (Å²) in [7, 11) is 5.18. The zero-order valence-corrected chi connectivity index (χ0v) is 21.3. The largest absolute Gasteiger partial charge is 0.496 e. The van der Waals surface area contributed by atoms with Gasteiger partial charge < -0.3 is 29.2 Å². The van der Waals surface area contributed by atoms with Crippen LogP contribution < -0.4 is 19.5 Å². The molecular formula is C28H34N2O5. The monoisotopic (exact) mass is 478 g/mol. The second-order valence-electron chi connectivity index (χ2n) is 10.9. The highest BCUT2D eigenvalue weighted by Crippen LogP contribution is 2.55. The van der Waals surface area contributed by atoms with Crippen molar-refractivity contribution in [3.8, 4) is 17.2 Å². The molecule has 2 aromatic carbocycles. The highest BCUT2D eigenvalue weighted by molar-refractivity contribution is 6.07. The molecule has 7 heteroatoms. The van der Waals surface area contributed by atoms with Gasteiger partial charge in [-0.3, -0.25) is 4.79 Å². The molecule has 3 atom stereocenters. The van der Waals surface area contributed by atoms with E-state index in [9.17, 15) is 9.90 Å². The number of nitrogens with zero attached hydrogens (tertiary/aromatic N) is 1. The Hall–Kier alpha value is -3.19. The molecule has 2 N–H and O–H groups in total. The lowest BCUT2D eigenvalue weighted by Crippen LogP contribution is -2.58. The number of hydrogen-bond acceptors (Lipinski definition) is 5. The molecule has 1 aliphatic heterocycles. The van der Waals surface area contributed by atoms with Crippen molar-refractivity contribution in [3.05, 3.63) is 47.7 Å². The van der Waals surface area contributed by atoms with Crippen LogP contribution in [0.5, 0.6) is 17.2 Å². The number of rotatable bonds is 4. The third-order valence-corrected chi connectivity index (χ3v) is 8.07. The van der Waals surface area contributed by atoms with Crippen LogP contribution >= 0.6 is 0 Å². The zero-order valence-electron chi connectivity index (χ0n) is 21.3. The summed E-state index contributed by atoms with van der Waals surface area (Å²) >= 11 is 0. The molecule has 1 aromatic heterocycles. The third kappa shape index (κ3) is 3.73. The quantitative estimate of drug-likeness (QED) is 0.555. The van der Waals surface area contributed by atoms with Gasteiger partial charge in [0.05, 0.1) is 25.8 Å². The number of carbonyl (C=O) groups excluding carboxylic acids is 1. The van der Waals surface area contributed by atoms with Crippen molar-refractivity contribution < 1.29 is 24.1 Å². The molecular weight excluding hydrogens is 444 g/mol. The van der Waals surface area contributed by atoms with Crippen LogP contribution in [0.15, 0.2) is 36.5 Å². The molecule has 1 amide bonds. The fourth-order valence-corrected chi connectivity index (χ4v) is 6.04. The van der Waals surface area contributed by atoms with Gasteiger partial charge in [0.1, 0.15) is 23.4 Å². The number of ether oxygens (including phenoxy) is 3. The number of benzene rings is 2. The Morgan fingerprint density at radius 2 is 1.89 bits per heavy atom. The van der Waals surface area contributed by atoms with Crippen molar-refractivity contribution in [2.45, 2.75) is 52.2 Å². The number of nitrogens with one attached hydrogen (secondary N) is 1. The van der Waals surface area contributed by atoms with Crippen LogP contribution in [0.4, 0.5) is 5.69 Å². The number of aliphatic hydroxyl groups is 1. The van der Waals surface area contributed by atoms with Gasteiger partial charge in [0.15, 0.2) is 0 Å². The van der Waals surface area contributed by atoms with E-state index in [2.05, 4.69) is 26.1 Å². The molecule has 7 nitrogen and oxygen atoms in total. The van der Waals surface area contributed by atoms with Crippen molar-refractivity contribution >= 4 is 22.5 Å². The zero-order chi connectivity index (χ0) is 25.1. The number of carbonyl (C=O) groups is 1. The van der Waals surface area contributed by atoms with Crippen molar-refractivity contribution in [3.63, 3.8) is 0 Å². The number of hydrogen-bond donors (Lipinski definition) is 2. The van der Waals surface area contributed by atoms with Crippen molar-refractivity contribution in [2.75, 3.05) is 19.5 Å². The lowest BCUT2D eigenvalue weighted by Gasteiger charge is -2.55. The number of aliphatic hydroxyl groups excluding tert-OH is 1. The molecule has 2 heterocycles. The first-order chi connectivity index (χ1) is 16.6. The van der Waals surface area contributed by atoms with Crippen molar-refractivity contribution in [1.29, 1.82) is 0 Å². The van der Waals surface area contributed by atoms with Crippen LogP contribution in [0.3, 0.4) is 0 Å². The van der Waals surface area contributed by atoms with Crippen molar-refractivity contribution in [2.24, 2.45) is 17.9 Å². The number of aryl methyl sites for hydroxylation is 1. The first kappa shape index (κ1) is 23.5. The standard InChI is InChI=1S/C28H34N2O5/c1-27(2)24(31)7-9-28(3)15-19-22(34-6)13-17(14-23(19)35-26(27)28)29-25(32)16-11-20-18(8-10-30(20)4)21(12-16)33-5/h8,10-14,24,26,31H,7,9,15H2,1-6H3,(H,29,32)/t24-,26-,28+/m1/s1. The predicted molar refractivity (Wildman–Crippen MR) is 136 cm³/mol. The minimum Gasteiger partial charge on any atom is -0.496 e. The van der Waals surface area contributed by atoms with E-state index in [0.717, 1.165) is 35.7 Å². The van der Waals surface area contributed by atoms with E-state index in [1.807, 2.05) is 42.1 Å². The van der Waals surface area contributed by atoms with Gasteiger partial charge in [0.2, 0.25) is 0 Å². The fraction of sp³-hybridized carbons (Fsp3) is 0.464. The average Bonchev–Trinajstić information content (AvgIpc) is 3.21. The van der Waals surface area contributed by atoms with Crippen LogP contribution in [-0.2, 0) is 13.5 Å². The smallest absolute Gasteiger partial charge is 0.255 e. The molecule has 0 radical (unpaired) electrons. The molecule has 1 saturated carbocycles. The SMILES string of the molecule is COc1cc(NC(=O)c2cc(OC)c3ccn(C)c3c2)cc2c1C[C@]1(C)CC[C@@H](O)C(C)(C)[C@H]1O2. The molecule has 0 unspecified atom stereocenters. The number of anilines is 1. The summed E-state index contributed by atoms with van der Waals surface area (Å²) in [6.45, 7) is 6.37. The van der Waals surface area contributed by atoms with Gasteiger partial charge in [-0.15, -0.1) is 0 Å². The van der Waals surface area contributed by atoms with E-state index in [-0.39, 0.29) is 17.4 Å². The van der Waals surface area contributed by atoms with Gasteiger partial charge in [-0.1, -0.05) is 20.8 Å². The van der Waals surface area contributed by atoms with Crippen LogP contribution in [0.1, 0.15) is 49.5 Å². The molecule has 0 spiro atoms. The summed E-state index contributed by atoms with van der Waals surface area (Å²) < 4.78 is 19.8. The second-order valence-corrected chi connectivity index (χ2v) is 10.9. The van der Waals surface area contributed by atoms with E-state index >= 15 is 0 Å². The molecule has 2 aliphatic rings. The van der Waals surface area contributed by atoms with E-state index in [4.69, 9.17) is 14.2 Å². The highest BCUT2D eigenvalue weighted by atomic mass is 16.5. The molecule has 1 fully saturated rings. The van der Waals surface area contributed by atoms with Crippen LogP contribution in [0.25, 0.3) is 10.9 Å². The number of amides is 1. The summed E-state index contributed by atoms with van der Waals surface area (Å²) in [6.07, 6.45) is 3.80. The van der Waals surface area contributed by atoms with Crippen molar-refractivity contribution in [1.82, 2.24) is 4.57 Å². The summed E-state index contributed by atoms with van der Waals surface area (Å²) in [6, 6.07) is 9.30. The van der Waals surface area contributed by atoms with Gasteiger partial charge in [0.25, 0.3) is 5.91 Å². The molecule has 186 valence electrons. The Morgan fingerprint density at radius 3 is 2.60 bits per heavy atom. The highest BCUT2D eigenvalue weighted by Gasteiger charge is 2.55. The van der Waals surface area contributed by atoms with E-state index in [1.165, 1.54) is 0 Å². The molecule has 5 rings (SSSR count). The Labute approximate surface area is 206 Å². The summed E-state index contributed by atoms with van der Waals surface area (Å²) in [5.74, 6) is 1.79. The molecule has 0 bridgehead atoms. The third-order valence-electron chi connectivity index (χ3n) is 8.07. The van der Waals surface area contributed by atoms with E-state index < -0.39 is 11.5 Å². The minimum atomic E-state index is -0.422. The Balaban J connectivity index is 1.49. The lowest BCUT2D eigenvalue weighted by molar-refractivity contribution is -0.139. The second kappa shape index (κ2) is 8.19. The van der Waals surface area contributed by atoms with E-state index in [0.29, 0.717) is 28.5 Å². The predicted octanol–water partition coefficient (Wildman–Crippen LogP) is 4.94. The van der Waals surface area contributed by atoms with Gasteiger partial charge in [0, 0.05) is 58.4 Å². The van der Waals surface area contributed by atoms with Gasteiger partial charge >= 0.3 is 0 Å². The van der Waals surface area contributed by atoms with E-state index in [1.54, 1.807) is 20.3 Å². The summed E-state index contributed by atoms with van der Waals surface area (Å²) in [5.41, 5.74) is 2.52. The maximum absolute atomic E-state index is 13.3. The number of methoxy groups -OCH3 is 2. The average molecular weight is 479 g/mol. The Morgan fingerprint density at radius 1 is 1.14 bits per heavy atom. The lowest BCUT2D eigenvalue weighted by atomic mass is 9.58. The Bertz CT molecular complexity index is 1310. The molecule has 1 aliphatic carbocycles. The minimum absolute atomic E-state index is 0.102. The van der Waals surface area contributed by atoms with Crippen LogP contribution in [0.2, 0.25) is 0 Å². The maximum Gasteiger partial charge on any atom is 0.255 e. The Kier molecular flexibility index (Phi) is 5.51. The fourth-order valence-electron chi connectivity index (χ4n) is 6.04. The van der Waals surface area contributed by atoms with Crippen LogP contribution in [0, 0.1) is 10.8 Å². The maximum atomic E-state index is 13.3. The first-order valence-electron chi connectivity index (χ1n) is 12.1. The molecule has 3 aromatic rings. The first-order valence-corrected chi connectivity index (χ1v) is 12.1. The van der Waals surface area contributed by atoms with Gasteiger partial charge in [-0.2, -0.15) is 0 Å². The van der Waals surface area contributed by atoms with Gasteiger partial charge in [-0.05, 0) is 37.5 Å². The molecule has 35 heavy (non-hydrogen) atoms. The topological polar surface area (TPSA) is 82.0 Å². The number of aromatic nitrogens is 1. The number of fused-ring (bicyclic) bond motifs is 3. The normalized spacial score (nSPS) is 24.8. The van der Waals surface area contributed by atoms with Crippen LogP contribution in [-0.4, -0.2) is 42.0 Å². The summed E-state index contributed by atoms with van der Waals surface area (Å²) in [4.78, 5) is 13.3. The summed E-state index contributed by atoms with van der Waals surface area (Å²) in [5, 5.41) is 14.6. The molecule has 0 saturated heterocycles. The van der Waals surface area contributed by atoms with Gasteiger partial charge in [-0.25, -0.2) is 0 Å².